The Kier molecular flexibility index (Phi) is 3.43. The summed E-state index contributed by atoms with van der Waals surface area (Å²) in [6, 6.07) is 0. The van der Waals surface area contributed by atoms with Gasteiger partial charge in [0.25, 0.3) is 0 Å². The molecule has 0 amide bonds. The van der Waals surface area contributed by atoms with Crippen LogP contribution in [0.15, 0.2) is 0 Å². The van der Waals surface area contributed by atoms with Crippen molar-refractivity contribution < 1.29 is 35.8 Å². The number of rotatable bonds is 3. The van der Waals surface area contributed by atoms with Crippen molar-refractivity contribution in [2.24, 2.45) is 0 Å². The molecule has 1 unspecified atom stereocenters. The third-order valence-corrected chi connectivity index (χ3v) is 1.52. The molecule has 0 aromatic carbocycles. The minimum absolute atomic E-state index is 0.370. The molecule has 0 fully saturated rings. The van der Waals surface area contributed by atoms with Crippen molar-refractivity contribution in [1.82, 2.24) is 0 Å². The fourth-order valence-corrected chi connectivity index (χ4v) is 1.09. The number of hydrogen-bond acceptors (Lipinski definition) is 4. The molecule has 5 nitrogen and oxygen atoms in total. The molecule has 0 aromatic rings. The second kappa shape index (κ2) is 3.37. The third kappa shape index (κ3) is 8.17. The van der Waals surface area contributed by atoms with Crippen molar-refractivity contribution >= 4 is 0 Å². The van der Waals surface area contributed by atoms with Gasteiger partial charge in [0.15, 0.2) is 0 Å². The third-order valence-electron chi connectivity index (χ3n) is 0.458. The summed E-state index contributed by atoms with van der Waals surface area (Å²) in [6.45, 7) is 0.985. The Labute approximate surface area is 56.0 Å². The van der Waals surface area contributed by atoms with E-state index in [0.29, 0.717) is 0 Å². The molecule has 0 heterocycles. The first kappa shape index (κ1) is 9.17. The average molecular weight is 220 g/mol. The van der Waals surface area contributed by atoms with E-state index in [1.807, 2.05) is 0 Å². The second-order valence-corrected chi connectivity index (χ2v) is 4.24. The first-order valence-corrected chi connectivity index (χ1v) is 5.57. The zero-order valence-corrected chi connectivity index (χ0v) is 6.82. The van der Waals surface area contributed by atoms with Crippen molar-refractivity contribution in [3.63, 3.8) is 0 Å². The summed E-state index contributed by atoms with van der Waals surface area (Å²) in [6.07, 6.45) is -0.870. The van der Waals surface area contributed by atoms with E-state index in [1.54, 1.807) is 0 Å². The number of aliphatic hydroxyl groups is 1. The Morgan fingerprint density at radius 2 is 2.11 bits per heavy atom. The van der Waals surface area contributed by atoms with E-state index in [1.165, 1.54) is 6.92 Å². The molecule has 6 heteroatoms. The van der Waals surface area contributed by atoms with Crippen LogP contribution >= 0.6 is 0 Å². The predicted octanol–water partition coefficient (Wildman–Crippen LogP) is -0.949. The first-order valence-electron chi connectivity index (χ1n) is 2.22. The van der Waals surface area contributed by atoms with Gasteiger partial charge in [-0.05, 0) is 0 Å². The van der Waals surface area contributed by atoms with Crippen LogP contribution in [0, 0.1) is 0 Å². The van der Waals surface area contributed by atoms with Gasteiger partial charge < -0.3 is 0 Å². The minimum atomic E-state index is -5.34. The summed E-state index contributed by atoms with van der Waals surface area (Å²) in [5.74, 6) is 0. The van der Waals surface area contributed by atoms with Gasteiger partial charge in [0.1, 0.15) is 0 Å². The first-order chi connectivity index (χ1) is 3.92. The van der Waals surface area contributed by atoms with Crippen LogP contribution in [0.5, 0.6) is 0 Å². The fourth-order valence-electron chi connectivity index (χ4n) is 0.184. The van der Waals surface area contributed by atoms with Crippen LogP contribution in [0.25, 0.3) is 0 Å². The molecule has 0 aliphatic rings. The van der Waals surface area contributed by atoms with E-state index >= 15 is 0 Å². The normalized spacial score (nSPS) is 15.4. The van der Waals surface area contributed by atoms with Gasteiger partial charge in [-0.15, -0.1) is 0 Å². The molecule has 0 aliphatic heterocycles. The van der Waals surface area contributed by atoms with Crippen LogP contribution in [0.4, 0.5) is 0 Å². The van der Waals surface area contributed by atoms with Crippen LogP contribution in [-0.2, 0) is 26.9 Å². The summed E-state index contributed by atoms with van der Waals surface area (Å²) in [7, 11) is 0. The molecule has 0 aromatic heterocycles. The van der Waals surface area contributed by atoms with Gasteiger partial charge in [-0.3, -0.25) is 0 Å². The van der Waals surface area contributed by atoms with Crippen LogP contribution < -0.4 is 0 Å². The fraction of sp³-hybridized carbons (Fsp3) is 1.00. The van der Waals surface area contributed by atoms with E-state index in [4.69, 9.17) is 8.87 Å². The van der Waals surface area contributed by atoms with E-state index in [0.717, 1.165) is 0 Å². The topological polar surface area (TPSA) is 83.8 Å². The van der Waals surface area contributed by atoms with E-state index < -0.39 is 22.9 Å². The summed E-state index contributed by atoms with van der Waals surface area (Å²) in [4.78, 5) is 0. The number of aliphatic hydroxyl groups excluding tert-OH is 1. The van der Waals surface area contributed by atoms with E-state index in [2.05, 4.69) is 3.39 Å². The molecule has 0 saturated carbocycles. The molecule has 0 spiro atoms. The molecule has 56 valence electrons. The maximum absolute atomic E-state index is 9.86. The molecule has 0 saturated heterocycles. The Bertz CT molecular complexity index is 157. The van der Waals surface area contributed by atoms with Crippen molar-refractivity contribution in [2.75, 3.05) is 6.61 Å². The van der Waals surface area contributed by atoms with Crippen LogP contribution in [0.1, 0.15) is 6.92 Å². The molecule has 0 rings (SSSR count). The summed E-state index contributed by atoms with van der Waals surface area (Å²) < 4.78 is 31.6. The van der Waals surface area contributed by atoms with Crippen LogP contribution in [0.3, 0.4) is 0 Å². The van der Waals surface area contributed by atoms with Gasteiger partial charge in [-0.2, -0.15) is 0 Å². The van der Waals surface area contributed by atoms with Gasteiger partial charge in [-0.1, -0.05) is 0 Å². The predicted molar refractivity (Wildman–Crippen MR) is 21.2 cm³/mol. The van der Waals surface area contributed by atoms with Gasteiger partial charge in [0, 0.05) is 0 Å². The standard InChI is InChI=1S/C3H7O2.Mo.H2O.2O/c1-3(5)2-4;;;;/h3,5H,2H2,1H3;;1H2;;/q-1;+2;;;/p-1. The van der Waals surface area contributed by atoms with E-state index in [9.17, 15) is 6.80 Å². The van der Waals surface area contributed by atoms with E-state index in [-0.39, 0.29) is 6.61 Å². The Balaban J connectivity index is 3.53. The molecular formula is C3H8MoO5. The summed E-state index contributed by atoms with van der Waals surface area (Å²) in [5.41, 5.74) is 0. The molecule has 1 atom stereocenters. The quantitative estimate of drug-likeness (QED) is 0.599. The molecule has 9 heavy (non-hydrogen) atoms. The Morgan fingerprint density at radius 3 is 2.22 bits per heavy atom. The average Bonchev–Trinajstić information content (AvgIpc) is 1.59. The Morgan fingerprint density at radius 1 is 1.67 bits per heavy atom. The molecule has 0 radical (unpaired) electrons. The van der Waals surface area contributed by atoms with Crippen molar-refractivity contribution in [3.05, 3.63) is 0 Å². The van der Waals surface area contributed by atoms with Gasteiger partial charge in [-0.25, -0.2) is 0 Å². The second-order valence-electron chi connectivity index (χ2n) is 1.56. The zero-order valence-electron chi connectivity index (χ0n) is 4.81. The van der Waals surface area contributed by atoms with Gasteiger partial charge in [0.2, 0.25) is 0 Å². The Hall–Kier alpha value is 0.168. The van der Waals surface area contributed by atoms with Crippen LogP contribution in [-0.4, -0.2) is 21.6 Å². The maximum atomic E-state index is 9.86. The van der Waals surface area contributed by atoms with Gasteiger partial charge >= 0.3 is 55.4 Å². The summed E-state index contributed by atoms with van der Waals surface area (Å²) >= 11 is -5.34. The van der Waals surface area contributed by atoms with Crippen molar-refractivity contribution in [1.29, 1.82) is 0 Å². The summed E-state index contributed by atoms with van der Waals surface area (Å²) in [5, 5.41) is 8.43. The number of hydrogen-bond donors (Lipinski definition) is 2. The monoisotopic (exact) mass is 222 g/mol. The zero-order chi connectivity index (χ0) is 7.49. The van der Waals surface area contributed by atoms with Crippen LogP contribution in [0.2, 0.25) is 0 Å². The van der Waals surface area contributed by atoms with Crippen molar-refractivity contribution in [2.45, 2.75) is 13.0 Å². The molecule has 2 N–H and O–H groups in total. The SMILES string of the molecule is CC(O)C[O][Mo](=[O])(=[O])[OH]. The molecule has 0 aliphatic carbocycles. The molecule has 0 bridgehead atoms. The van der Waals surface area contributed by atoms with Gasteiger partial charge in [0.05, 0.1) is 0 Å². The van der Waals surface area contributed by atoms with Crippen molar-refractivity contribution in [3.8, 4) is 0 Å². The molecular weight excluding hydrogens is 212 g/mol.